The van der Waals surface area contributed by atoms with Gasteiger partial charge in [0.1, 0.15) is 11.5 Å². The van der Waals surface area contributed by atoms with Gasteiger partial charge in [0.25, 0.3) is 11.8 Å². The zero-order valence-electron chi connectivity index (χ0n) is 45.2. The number of unbranched alkanes of at least 4 members (excludes halogenated alkanes) is 12. The second kappa shape index (κ2) is 29.1. The lowest BCUT2D eigenvalue weighted by atomic mass is 9.98. The van der Waals surface area contributed by atoms with Gasteiger partial charge in [-0.1, -0.05) is 162 Å². The van der Waals surface area contributed by atoms with E-state index in [0.29, 0.717) is 36.1 Å². The fraction of sp³-hybridized carbons (Fsp3) is 0.500. The number of anilines is 3. The van der Waals surface area contributed by atoms with Gasteiger partial charge in [-0.2, -0.15) is 0 Å². The smallest absolute Gasteiger partial charge is 0.261 e. The van der Waals surface area contributed by atoms with Crippen molar-refractivity contribution in [2.45, 2.75) is 170 Å². The third-order valence-electron chi connectivity index (χ3n) is 14.9. The summed E-state index contributed by atoms with van der Waals surface area (Å²) < 4.78 is 12.4. The Hall–Kier alpha value is -5.12. The Morgan fingerprint density at radius 3 is 1.33 bits per heavy atom. The van der Waals surface area contributed by atoms with E-state index in [1.807, 2.05) is 15.9 Å². The van der Waals surface area contributed by atoms with Gasteiger partial charge in [0.05, 0.1) is 45.5 Å². The summed E-state index contributed by atoms with van der Waals surface area (Å²) in [4.78, 5) is 39.5. The highest BCUT2D eigenvalue weighted by molar-refractivity contribution is 7.16. The van der Waals surface area contributed by atoms with Crippen LogP contribution in [0.2, 0.25) is 0 Å². The number of amides is 2. The number of ether oxygens (including phenoxy) is 2. The molecule has 0 aliphatic carbocycles. The molecular formula is C64H85N3O4S2. The predicted octanol–water partition coefficient (Wildman–Crippen LogP) is 18.7. The molecule has 2 aliphatic heterocycles. The second-order valence-electron chi connectivity index (χ2n) is 20.4. The number of carbonyl (C=O) groups excluding carboxylic acids is 2. The van der Waals surface area contributed by atoms with Crippen LogP contribution in [0.15, 0.2) is 114 Å². The lowest BCUT2D eigenvalue weighted by molar-refractivity contribution is -0.124. The number of fused-ring (bicyclic) bond motifs is 1. The molecule has 2 aliphatic rings. The molecular weight excluding hydrogens is 939 g/mol. The van der Waals surface area contributed by atoms with Crippen LogP contribution in [0.1, 0.15) is 180 Å². The van der Waals surface area contributed by atoms with E-state index in [2.05, 4.69) is 143 Å². The van der Waals surface area contributed by atoms with Crippen LogP contribution in [0, 0.1) is 11.8 Å². The maximum Gasteiger partial charge on any atom is 0.261 e. The van der Waals surface area contributed by atoms with Crippen molar-refractivity contribution in [2.24, 2.45) is 11.8 Å². The third kappa shape index (κ3) is 14.6. The normalized spacial score (nSPS) is 14.4. The number of thiophene rings is 2. The Morgan fingerprint density at radius 2 is 0.890 bits per heavy atom. The molecule has 392 valence electrons. The van der Waals surface area contributed by atoms with Crippen molar-refractivity contribution < 1.29 is 19.1 Å². The molecule has 0 N–H and O–H groups in total. The van der Waals surface area contributed by atoms with Gasteiger partial charge >= 0.3 is 0 Å². The molecule has 4 heterocycles. The lowest BCUT2D eigenvalue weighted by Gasteiger charge is -2.29. The van der Waals surface area contributed by atoms with Crippen molar-refractivity contribution in [3.63, 3.8) is 0 Å². The zero-order chi connectivity index (χ0) is 51.4. The number of hydrogen-bond donors (Lipinski definition) is 0. The highest BCUT2D eigenvalue weighted by atomic mass is 32.1. The molecule has 2 aromatic heterocycles. The molecule has 0 radical (unpaired) electrons. The van der Waals surface area contributed by atoms with Crippen LogP contribution in [-0.2, 0) is 9.59 Å². The molecule has 7 rings (SSSR count). The van der Waals surface area contributed by atoms with E-state index in [1.54, 1.807) is 22.7 Å². The minimum absolute atomic E-state index is 0.0324. The minimum atomic E-state index is -0.0324. The van der Waals surface area contributed by atoms with Crippen LogP contribution < -0.4 is 14.4 Å². The standard InChI is InChI=1S/C64H85N3O4S2/c1-7-13-17-19-21-23-43-70-54-37-33-52(34-38-54)67(53-35-39-55(40-36-53)71-44-24-22-20-18-14-8-2)51-31-29-50(30-32-51)56-41-42-58(73-56)62-60-59(63(68)66(62)47-49(12-6)27-16-10-4)61(57-28-25-45-72-57)65(64(60)69)46-48(11-5)26-15-9-3/h25,28-42,45,48-49H,7-24,26-27,43-44,46-47H2,1-6H3. The van der Waals surface area contributed by atoms with E-state index in [4.69, 9.17) is 9.47 Å². The summed E-state index contributed by atoms with van der Waals surface area (Å²) in [5, 5.41) is 2.06. The predicted molar refractivity (Wildman–Crippen MR) is 310 cm³/mol. The topological polar surface area (TPSA) is 62.3 Å². The first kappa shape index (κ1) is 55.6. The number of nitrogens with zero attached hydrogens (tertiary/aromatic N) is 3. The van der Waals surface area contributed by atoms with Crippen molar-refractivity contribution in [1.29, 1.82) is 0 Å². The number of benzene rings is 3. The van der Waals surface area contributed by atoms with Gasteiger partial charge in [0.15, 0.2) is 0 Å². The fourth-order valence-electron chi connectivity index (χ4n) is 10.4. The van der Waals surface area contributed by atoms with Gasteiger partial charge in [-0.15, -0.1) is 22.7 Å². The van der Waals surface area contributed by atoms with Crippen LogP contribution in [0.25, 0.3) is 21.8 Å². The molecule has 0 saturated heterocycles. The molecule has 2 unspecified atom stereocenters. The van der Waals surface area contributed by atoms with Crippen molar-refractivity contribution in [2.75, 3.05) is 31.2 Å². The largest absolute Gasteiger partial charge is 0.494 e. The van der Waals surface area contributed by atoms with Crippen LogP contribution in [-0.4, -0.2) is 47.9 Å². The van der Waals surface area contributed by atoms with E-state index >= 15 is 9.59 Å². The van der Waals surface area contributed by atoms with Crippen LogP contribution >= 0.6 is 22.7 Å². The van der Waals surface area contributed by atoms with Gasteiger partial charge in [-0.25, -0.2) is 0 Å². The van der Waals surface area contributed by atoms with Crippen LogP contribution in [0.5, 0.6) is 11.5 Å². The summed E-state index contributed by atoms with van der Waals surface area (Å²) in [6.45, 7) is 16.1. The van der Waals surface area contributed by atoms with Crippen LogP contribution in [0.4, 0.5) is 17.1 Å². The first-order chi connectivity index (χ1) is 35.8. The molecule has 3 aromatic carbocycles. The van der Waals surface area contributed by atoms with Gasteiger partial charge in [0.2, 0.25) is 0 Å². The third-order valence-corrected chi connectivity index (χ3v) is 16.9. The van der Waals surface area contributed by atoms with Crippen molar-refractivity contribution in [1.82, 2.24) is 9.80 Å². The molecule has 73 heavy (non-hydrogen) atoms. The number of hydrogen-bond acceptors (Lipinski definition) is 7. The molecule has 0 fully saturated rings. The summed E-state index contributed by atoms with van der Waals surface area (Å²) in [6, 6.07) is 34.2. The Labute approximate surface area is 447 Å². The highest BCUT2D eigenvalue weighted by Gasteiger charge is 2.50. The molecule has 2 atom stereocenters. The maximum absolute atomic E-state index is 15.1. The van der Waals surface area contributed by atoms with Gasteiger partial charge in [-0.05, 0) is 127 Å². The lowest BCUT2D eigenvalue weighted by Crippen LogP contribution is -2.34. The monoisotopic (exact) mass is 1020 g/mol. The van der Waals surface area contributed by atoms with Crippen molar-refractivity contribution >= 4 is 62.9 Å². The average molecular weight is 1020 g/mol. The maximum atomic E-state index is 15.1. The van der Waals surface area contributed by atoms with Gasteiger partial charge in [-0.3, -0.25) is 9.59 Å². The zero-order valence-corrected chi connectivity index (χ0v) is 46.9. The van der Waals surface area contributed by atoms with E-state index < -0.39 is 0 Å². The molecule has 0 saturated carbocycles. The van der Waals surface area contributed by atoms with E-state index in [9.17, 15) is 0 Å². The van der Waals surface area contributed by atoms with E-state index in [0.717, 1.165) is 138 Å². The average Bonchev–Trinajstić information content (AvgIpc) is 4.24. The molecule has 5 aromatic rings. The quantitative estimate of drug-likeness (QED) is 0.0384. The van der Waals surface area contributed by atoms with Crippen LogP contribution in [0.3, 0.4) is 0 Å². The summed E-state index contributed by atoms with van der Waals surface area (Å²) in [5.74, 6) is 2.41. The Morgan fingerprint density at radius 1 is 0.466 bits per heavy atom. The first-order valence-electron chi connectivity index (χ1n) is 28.5. The minimum Gasteiger partial charge on any atom is -0.494 e. The molecule has 0 spiro atoms. The molecule has 0 bridgehead atoms. The first-order valence-corrected chi connectivity index (χ1v) is 30.2. The SMILES string of the molecule is CCCCCCCCOc1ccc(N(c2ccc(OCCCCCCCC)cc2)c2ccc(-c3ccc(C4=C5C(=O)N(CC(CC)CCCC)C(c6cccs6)=C5C(=O)N4CC(CC)CCCC)s3)cc2)cc1. The summed E-state index contributed by atoms with van der Waals surface area (Å²) in [6.07, 6.45) is 23.4. The fourth-order valence-corrected chi connectivity index (χ4v) is 12.2. The van der Waals surface area contributed by atoms with E-state index in [1.165, 1.54) is 64.2 Å². The Kier molecular flexibility index (Phi) is 22.2. The molecule has 7 nitrogen and oxygen atoms in total. The summed E-state index contributed by atoms with van der Waals surface area (Å²) >= 11 is 3.29. The number of rotatable bonds is 34. The Balaban J connectivity index is 1.18. The van der Waals surface area contributed by atoms with E-state index in [-0.39, 0.29) is 11.8 Å². The van der Waals surface area contributed by atoms with Gasteiger partial charge in [0, 0.05) is 35.0 Å². The van der Waals surface area contributed by atoms with Crippen molar-refractivity contribution in [3.05, 3.63) is 123 Å². The molecule has 9 heteroatoms. The van der Waals surface area contributed by atoms with Crippen molar-refractivity contribution in [3.8, 4) is 21.9 Å². The van der Waals surface area contributed by atoms with Gasteiger partial charge < -0.3 is 24.2 Å². The summed E-state index contributed by atoms with van der Waals surface area (Å²) in [7, 11) is 0. The second-order valence-corrected chi connectivity index (χ2v) is 22.4. The molecule has 2 amide bonds. The highest BCUT2D eigenvalue weighted by Crippen LogP contribution is 2.50. The number of carbonyl (C=O) groups is 2. The Bertz CT molecular complexity index is 2440. The summed E-state index contributed by atoms with van der Waals surface area (Å²) in [5.41, 5.74) is 6.97.